The molecule has 1 unspecified atom stereocenters. The van der Waals surface area contributed by atoms with Gasteiger partial charge >= 0.3 is 5.97 Å². The number of carbonyl (C=O) groups is 1. The molecule has 0 aliphatic carbocycles. The van der Waals surface area contributed by atoms with Crippen LogP contribution in [0.25, 0.3) is 0 Å². The lowest BCUT2D eigenvalue weighted by Gasteiger charge is -2.09. The number of sulfonamides is 1. The standard InChI is InChI=1S/C12H19N3O5S/c1-2-20-12(16)10-7-13-15-11(10)21(17,18)14-5-3-9-4-6-19-8-9/h7,9,14H,2-6,8H2,1H3,(H,13,15). The Kier molecular flexibility index (Phi) is 5.32. The van der Waals surface area contributed by atoms with Crippen molar-refractivity contribution in [3.63, 3.8) is 0 Å². The van der Waals surface area contributed by atoms with Gasteiger partial charge in [0.1, 0.15) is 5.56 Å². The number of H-pyrrole nitrogens is 1. The van der Waals surface area contributed by atoms with Gasteiger partial charge in [-0.1, -0.05) is 0 Å². The molecule has 0 spiro atoms. The van der Waals surface area contributed by atoms with Crippen LogP contribution >= 0.6 is 0 Å². The molecular formula is C12H19N3O5S. The second-order valence-electron chi connectivity index (χ2n) is 4.75. The summed E-state index contributed by atoms with van der Waals surface area (Å²) < 4.78 is 36.8. The molecular weight excluding hydrogens is 298 g/mol. The molecule has 2 N–H and O–H groups in total. The summed E-state index contributed by atoms with van der Waals surface area (Å²) in [6.07, 6.45) is 2.79. The maximum atomic E-state index is 12.2. The molecule has 9 heteroatoms. The third-order valence-corrected chi connectivity index (χ3v) is 4.67. The molecule has 0 aromatic carbocycles. The first-order valence-electron chi connectivity index (χ1n) is 6.82. The van der Waals surface area contributed by atoms with E-state index in [1.807, 2.05) is 0 Å². The Hall–Kier alpha value is -1.45. The number of aromatic amines is 1. The van der Waals surface area contributed by atoms with Crippen molar-refractivity contribution in [2.45, 2.75) is 24.8 Å². The van der Waals surface area contributed by atoms with Gasteiger partial charge in [0.05, 0.1) is 12.8 Å². The minimum absolute atomic E-state index is 0.0893. The Morgan fingerprint density at radius 3 is 3.10 bits per heavy atom. The van der Waals surface area contributed by atoms with E-state index in [1.54, 1.807) is 6.92 Å². The Morgan fingerprint density at radius 1 is 1.62 bits per heavy atom. The van der Waals surface area contributed by atoms with Crippen molar-refractivity contribution in [2.24, 2.45) is 5.92 Å². The number of hydrogen-bond acceptors (Lipinski definition) is 6. The smallest absolute Gasteiger partial charge is 0.342 e. The van der Waals surface area contributed by atoms with Crippen LogP contribution in [0.3, 0.4) is 0 Å². The third kappa shape index (κ3) is 4.02. The predicted octanol–water partition coefficient (Wildman–Crippen LogP) is 0.291. The lowest BCUT2D eigenvalue weighted by atomic mass is 10.1. The first-order valence-corrected chi connectivity index (χ1v) is 8.30. The van der Waals surface area contributed by atoms with Crippen LogP contribution in [0.1, 0.15) is 30.1 Å². The number of esters is 1. The van der Waals surface area contributed by atoms with Crippen LogP contribution in [0.15, 0.2) is 11.2 Å². The van der Waals surface area contributed by atoms with E-state index in [0.29, 0.717) is 18.9 Å². The first-order chi connectivity index (χ1) is 10.0. The van der Waals surface area contributed by atoms with E-state index >= 15 is 0 Å². The van der Waals surface area contributed by atoms with Gasteiger partial charge in [0, 0.05) is 19.8 Å². The highest BCUT2D eigenvalue weighted by Crippen LogP contribution is 2.17. The Balaban J connectivity index is 1.98. The van der Waals surface area contributed by atoms with Crippen molar-refractivity contribution in [1.29, 1.82) is 0 Å². The number of carbonyl (C=O) groups excluding carboxylic acids is 1. The number of hydrogen-bond donors (Lipinski definition) is 2. The molecule has 1 aromatic heterocycles. The predicted molar refractivity (Wildman–Crippen MR) is 73.3 cm³/mol. The molecule has 0 amide bonds. The number of nitrogens with zero attached hydrogens (tertiary/aromatic N) is 1. The lowest BCUT2D eigenvalue weighted by Crippen LogP contribution is -2.28. The van der Waals surface area contributed by atoms with Gasteiger partial charge < -0.3 is 9.47 Å². The quantitative estimate of drug-likeness (QED) is 0.699. The zero-order chi connectivity index (χ0) is 15.3. The Morgan fingerprint density at radius 2 is 2.43 bits per heavy atom. The van der Waals surface area contributed by atoms with Gasteiger partial charge in [-0.15, -0.1) is 0 Å². The summed E-state index contributed by atoms with van der Waals surface area (Å²) in [5.74, 6) is -0.338. The van der Waals surface area contributed by atoms with Gasteiger partial charge in [0.15, 0.2) is 5.03 Å². The number of ether oxygens (including phenoxy) is 2. The summed E-state index contributed by atoms with van der Waals surface area (Å²) in [7, 11) is -3.81. The van der Waals surface area contributed by atoms with Crippen LogP contribution < -0.4 is 4.72 Å². The van der Waals surface area contributed by atoms with E-state index in [0.717, 1.165) is 19.2 Å². The van der Waals surface area contributed by atoms with Gasteiger partial charge in [-0.3, -0.25) is 5.10 Å². The zero-order valence-corrected chi connectivity index (χ0v) is 12.6. The van der Waals surface area contributed by atoms with Gasteiger partial charge in [0.2, 0.25) is 0 Å². The minimum atomic E-state index is -3.81. The van der Waals surface area contributed by atoms with Crippen LogP contribution in [-0.2, 0) is 19.5 Å². The molecule has 1 aliphatic heterocycles. The summed E-state index contributed by atoms with van der Waals surface area (Å²) in [6.45, 7) is 3.50. The highest BCUT2D eigenvalue weighted by atomic mass is 32.2. The van der Waals surface area contributed by atoms with Crippen LogP contribution in [0.4, 0.5) is 0 Å². The second-order valence-corrected chi connectivity index (χ2v) is 6.45. The van der Waals surface area contributed by atoms with Crippen LogP contribution in [-0.4, -0.2) is 50.9 Å². The molecule has 2 heterocycles. The van der Waals surface area contributed by atoms with E-state index in [2.05, 4.69) is 14.9 Å². The molecule has 2 rings (SSSR count). The van der Waals surface area contributed by atoms with Crippen molar-refractivity contribution in [2.75, 3.05) is 26.4 Å². The highest BCUT2D eigenvalue weighted by molar-refractivity contribution is 7.89. The summed E-state index contributed by atoms with van der Waals surface area (Å²) >= 11 is 0. The van der Waals surface area contributed by atoms with Crippen LogP contribution in [0.5, 0.6) is 0 Å². The molecule has 0 saturated carbocycles. The van der Waals surface area contributed by atoms with E-state index < -0.39 is 16.0 Å². The highest BCUT2D eigenvalue weighted by Gasteiger charge is 2.26. The maximum Gasteiger partial charge on any atom is 0.342 e. The fourth-order valence-corrected chi connectivity index (χ4v) is 3.24. The molecule has 8 nitrogen and oxygen atoms in total. The Bertz CT molecular complexity index is 577. The van der Waals surface area contributed by atoms with E-state index in [9.17, 15) is 13.2 Å². The van der Waals surface area contributed by atoms with Gasteiger partial charge in [-0.05, 0) is 25.7 Å². The van der Waals surface area contributed by atoms with Crippen molar-refractivity contribution >= 4 is 16.0 Å². The molecule has 0 radical (unpaired) electrons. The summed E-state index contributed by atoms with van der Waals surface area (Å²) in [5, 5.41) is 5.69. The van der Waals surface area contributed by atoms with E-state index in [-0.39, 0.29) is 23.7 Å². The van der Waals surface area contributed by atoms with Gasteiger partial charge in [0.25, 0.3) is 10.0 Å². The average molecular weight is 317 g/mol. The largest absolute Gasteiger partial charge is 0.462 e. The molecule has 21 heavy (non-hydrogen) atoms. The maximum absolute atomic E-state index is 12.2. The molecule has 118 valence electrons. The Labute approximate surface area is 123 Å². The fourth-order valence-electron chi connectivity index (χ4n) is 2.11. The molecule has 1 aromatic rings. The minimum Gasteiger partial charge on any atom is -0.462 e. The molecule has 0 bridgehead atoms. The number of rotatable bonds is 7. The molecule has 1 atom stereocenters. The summed E-state index contributed by atoms with van der Waals surface area (Å²) in [5.41, 5.74) is -0.0893. The monoisotopic (exact) mass is 317 g/mol. The SMILES string of the molecule is CCOC(=O)c1cn[nH]c1S(=O)(=O)NCCC1CCOC1. The summed E-state index contributed by atoms with van der Waals surface area (Å²) in [6, 6.07) is 0. The molecule has 1 saturated heterocycles. The van der Waals surface area contributed by atoms with Crippen molar-refractivity contribution in [1.82, 2.24) is 14.9 Å². The van der Waals surface area contributed by atoms with E-state index in [1.165, 1.54) is 0 Å². The van der Waals surface area contributed by atoms with E-state index in [4.69, 9.17) is 9.47 Å². The summed E-state index contributed by atoms with van der Waals surface area (Å²) in [4.78, 5) is 11.7. The average Bonchev–Trinajstić information content (AvgIpc) is 3.10. The second kappa shape index (κ2) is 7.01. The molecule has 1 aliphatic rings. The van der Waals surface area contributed by atoms with Crippen molar-refractivity contribution < 1.29 is 22.7 Å². The van der Waals surface area contributed by atoms with Crippen molar-refractivity contribution in [3.8, 4) is 0 Å². The number of nitrogens with one attached hydrogen (secondary N) is 2. The lowest BCUT2D eigenvalue weighted by molar-refractivity contribution is 0.0522. The van der Waals surface area contributed by atoms with Crippen LogP contribution in [0.2, 0.25) is 0 Å². The van der Waals surface area contributed by atoms with Gasteiger partial charge in [-0.2, -0.15) is 5.10 Å². The number of aromatic nitrogens is 2. The topological polar surface area (TPSA) is 110 Å². The first kappa shape index (κ1) is 15.9. The normalized spacial score (nSPS) is 18.8. The zero-order valence-electron chi connectivity index (χ0n) is 11.8. The van der Waals surface area contributed by atoms with Crippen LogP contribution in [0, 0.1) is 5.92 Å². The van der Waals surface area contributed by atoms with Crippen molar-refractivity contribution in [3.05, 3.63) is 11.8 Å². The fraction of sp³-hybridized carbons (Fsp3) is 0.667. The van der Waals surface area contributed by atoms with Gasteiger partial charge in [-0.25, -0.2) is 17.9 Å². The molecule has 1 fully saturated rings. The third-order valence-electron chi connectivity index (χ3n) is 3.24.